The van der Waals surface area contributed by atoms with Gasteiger partial charge in [0.05, 0.1) is 12.7 Å². The van der Waals surface area contributed by atoms with Crippen molar-refractivity contribution in [2.24, 2.45) is 11.8 Å². The molecular formula is C14H17FO2. The van der Waals surface area contributed by atoms with Gasteiger partial charge in [0, 0.05) is 0 Å². The zero-order chi connectivity index (χ0) is 12.0. The van der Waals surface area contributed by atoms with Gasteiger partial charge in [-0.25, -0.2) is 4.39 Å². The molecule has 2 unspecified atom stereocenters. The fraction of sp³-hybridized carbons (Fsp3) is 0.571. The summed E-state index contributed by atoms with van der Waals surface area (Å²) in [5.41, 5.74) is 0.0879. The number of halogens is 1. The van der Waals surface area contributed by atoms with Gasteiger partial charge in [-0.05, 0) is 42.4 Å². The molecule has 3 heteroatoms. The summed E-state index contributed by atoms with van der Waals surface area (Å²) < 4.78 is 18.3. The lowest BCUT2D eigenvalue weighted by molar-refractivity contribution is 0.117. The van der Waals surface area contributed by atoms with Crippen molar-refractivity contribution >= 4 is 0 Å². The summed E-state index contributed by atoms with van der Waals surface area (Å²) in [4.78, 5) is 0. The third kappa shape index (κ3) is 1.48. The minimum Gasteiger partial charge on any atom is -0.494 e. The molecule has 0 aromatic heterocycles. The molecular weight excluding hydrogens is 219 g/mol. The first kappa shape index (κ1) is 11.0. The van der Waals surface area contributed by atoms with Crippen LogP contribution in [0.3, 0.4) is 0 Å². The van der Waals surface area contributed by atoms with E-state index in [0.29, 0.717) is 11.8 Å². The highest BCUT2D eigenvalue weighted by molar-refractivity contribution is 5.39. The van der Waals surface area contributed by atoms with E-state index >= 15 is 0 Å². The van der Waals surface area contributed by atoms with Crippen molar-refractivity contribution in [3.63, 3.8) is 0 Å². The summed E-state index contributed by atoms with van der Waals surface area (Å²) >= 11 is 0. The zero-order valence-corrected chi connectivity index (χ0v) is 9.95. The number of fused-ring (bicyclic) bond motifs is 1. The Balaban J connectivity index is 1.94. The number of aliphatic hydroxyl groups is 1. The molecule has 0 spiro atoms. The van der Waals surface area contributed by atoms with Crippen LogP contribution in [0.2, 0.25) is 0 Å². The van der Waals surface area contributed by atoms with Crippen LogP contribution in [-0.2, 0) is 5.60 Å². The molecule has 0 saturated heterocycles. The maximum atomic E-state index is 13.3. The van der Waals surface area contributed by atoms with Gasteiger partial charge in [-0.15, -0.1) is 0 Å². The molecule has 0 amide bonds. The van der Waals surface area contributed by atoms with E-state index < -0.39 is 5.60 Å². The first-order chi connectivity index (χ1) is 8.17. The summed E-state index contributed by atoms with van der Waals surface area (Å²) in [6.45, 7) is 0. The Labute approximate surface area is 100 Å². The van der Waals surface area contributed by atoms with E-state index in [1.807, 2.05) is 0 Å². The first-order valence-electron chi connectivity index (χ1n) is 6.24. The Morgan fingerprint density at radius 1 is 1.29 bits per heavy atom. The molecule has 2 nitrogen and oxygen atoms in total. The summed E-state index contributed by atoms with van der Waals surface area (Å²) in [5, 5.41) is 10.7. The number of hydrogen-bond donors (Lipinski definition) is 1. The van der Waals surface area contributed by atoms with Crippen LogP contribution >= 0.6 is 0 Å². The monoisotopic (exact) mass is 236 g/mol. The molecule has 2 saturated carbocycles. The Kier molecular flexibility index (Phi) is 2.40. The van der Waals surface area contributed by atoms with Crippen LogP contribution in [0.25, 0.3) is 0 Å². The van der Waals surface area contributed by atoms with Gasteiger partial charge in [0.15, 0.2) is 11.6 Å². The molecule has 1 N–H and O–H groups in total. The van der Waals surface area contributed by atoms with Crippen molar-refractivity contribution in [1.29, 1.82) is 0 Å². The second kappa shape index (κ2) is 3.70. The molecule has 2 aliphatic carbocycles. The Bertz CT molecular complexity index is 432. The van der Waals surface area contributed by atoms with Crippen molar-refractivity contribution in [3.8, 4) is 5.75 Å². The highest BCUT2D eigenvalue weighted by Gasteiger charge is 2.64. The lowest BCUT2D eigenvalue weighted by atomic mass is 10.0. The van der Waals surface area contributed by atoms with Gasteiger partial charge >= 0.3 is 0 Å². The zero-order valence-electron chi connectivity index (χ0n) is 9.95. The van der Waals surface area contributed by atoms with Crippen molar-refractivity contribution in [1.82, 2.24) is 0 Å². The average Bonchev–Trinajstić information content (AvgIpc) is 2.98. The van der Waals surface area contributed by atoms with E-state index in [0.717, 1.165) is 18.4 Å². The minimum atomic E-state index is -0.725. The fourth-order valence-electron chi connectivity index (χ4n) is 3.43. The quantitative estimate of drug-likeness (QED) is 0.855. The number of methoxy groups -OCH3 is 1. The van der Waals surface area contributed by atoms with Gasteiger partial charge in [-0.1, -0.05) is 18.9 Å². The Morgan fingerprint density at radius 2 is 1.94 bits per heavy atom. The molecule has 17 heavy (non-hydrogen) atoms. The molecule has 0 radical (unpaired) electrons. The predicted molar refractivity (Wildman–Crippen MR) is 62.3 cm³/mol. The third-order valence-corrected chi connectivity index (χ3v) is 4.40. The van der Waals surface area contributed by atoms with Crippen LogP contribution in [0, 0.1) is 17.7 Å². The third-order valence-electron chi connectivity index (χ3n) is 4.40. The minimum absolute atomic E-state index is 0.222. The Morgan fingerprint density at radius 3 is 2.53 bits per heavy atom. The second-order valence-corrected chi connectivity index (χ2v) is 5.17. The van der Waals surface area contributed by atoms with Crippen molar-refractivity contribution in [2.75, 3.05) is 7.11 Å². The topological polar surface area (TPSA) is 29.5 Å². The molecule has 0 heterocycles. The molecule has 1 aromatic carbocycles. The fourth-order valence-corrected chi connectivity index (χ4v) is 3.43. The SMILES string of the molecule is COc1cc(C2(O)C3CCCCC32)ccc1F. The summed E-state index contributed by atoms with van der Waals surface area (Å²) in [6.07, 6.45) is 4.56. The highest BCUT2D eigenvalue weighted by Crippen LogP contribution is 2.64. The summed E-state index contributed by atoms with van der Waals surface area (Å²) in [5.74, 6) is 0.584. The normalized spacial score (nSPS) is 35.2. The van der Waals surface area contributed by atoms with E-state index in [1.165, 1.54) is 26.0 Å². The maximum absolute atomic E-state index is 13.3. The summed E-state index contributed by atoms with van der Waals surface area (Å²) in [7, 11) is 1.45. The summed E-state index contributed by atoms with van der Waals surface area (Å²) in [6, 6.07) is 4.72. The number of hydrogen-bond acceptors (Lipinski definition) is 2. The lowest BCUT2D eigenvalue weighted by Gasteiger charge is -2.13. The second-order valence-electron chi connectivity index (χ2n) is 5.17. The van der Waals surface area contributed by atoms with Crippen molar-refractivity contribution in [3.05, 3.63) is 29.6 Å². The van der Waals surface area contributed by atoms with Crippen molar-refractivity contribution < 1.29 is 14.2 Å². The molecule has 1 aromatic rings. The molecule has 2 atom stereocenters. The number of benzene rings is 1. The smallest absolute Gasteiger partial charge is 0.165 e. The average molecular weight is 236 g/mol. The van der Waals surface area contributed by atoms with Gasteiger partial charge in [0.1, 0.15) is 0 Å². The first-order valence-corrected chi connectivity index (χ1v) is 6.24. The van der Waals surface area contributed by atoms with Crippen molar-refractivity contribution in [2.45, 2.75) is 31.3 Å². The molecule has 3 rings (SSSR count). The van der Waals surface area contributed by atoms with E-state index in [2.05, 4.69) is 0 Å². The molecule has 2 aliphatic rings. The predicted octanol–water partition coefficient (Wildman–Crippen LogP) is 2.84. The lowest BCUT2D eigenvalue weighted by Crippen LogP contribution is -2.10. The largest absolute Gasteiger partial charge is 0.494 e. The van der Waals surface area contributed by atoms with Crippen LogP contribution in [0.15, 0.2) is 18.2 Å². The van der Waals surface area contributed by atoms with Crippen LogP contribution in [-0.4, -0.2) is 12.2 Å². The standard InChI is InChI=1S/C14H17FO2/c1-17-13-8-9(6-7-12(13)15)14(16)10-4-2-3-5-11(10)14/h6-8,10-11,16H,2-5H2,1H3. The maximum Gasteiger partial charge on any atom is 0.165 e. The van der Waals surface area contributed by atoms with E-state index in [4.69, 9.17) is 4.74 Å². The van der Waals surface area contributed by atoms with Crippen LogP contribution in [0.1, 0.15) is 31.2 Å². The van der Waals surface area contributed by atoms with E-state index in [1.54, 1.807) is 12.1 Å². The van der Waals surface area contributed by atoms with Gasteiger partial charge < -0.3 is 9.84 Å². The van der Waals surface area contributed by atoms with Crippen LogP contribution < -0.4 is 4.74 Å². The molecule has 2 fully saturated rings. The number of ether oxygens (including phenoxy) is 1. The Hall–Kier alpha value is -1.09. The van der Waals surface area contributed by atoms with Gasteiger partial charge in [-0.3, -0.25) is 0 Å². The highest BCUT2D eigenvalue weighted by atomic mass is 19.1. The van der Waals surface area contributed by atoms with Crippen LogP contribution in [0.5, 0.6) is 5.75 Å². The van der Waals surface area contributed by atoms with E-state index in [9.17, 15) is 9.50 Å². The molecule has 0 bridgehead atoms. The van der Waals surface area contributed by atoms with Gasteiger partial charge in [0.25, 0.3) is 0 Å². The molecule has 92 valence electrons. The van der Waals surface area contributed by atoms with Gasteiger partial charge in [0.2, 0.25) is 0 Å². The van der Waals surface area contributed by atoms with E-state index in [-0.39, 0.29) is 11.6 Å². The number of rotatable bonds is 2. The molecule has 0 aliphatic heterocycles. The van der Waals surface area contributed by atoms with Gasteiger partial charge in [-0.2, -0.15) is 0 Å². The van der Waals surface area contributed by atoms with Crippen LogP contribution in [0.4, 0.5) is 4.39 Å².